The fourth-order valence-corrected chi connectivity index (χ4v) is 6.71. The number of anilines is 1. The number of hydrogen-bond donors (Lipinski definition) is 2. The minimum absolute atomic E-state index is 0.253. The van der Waals surface area contributed by atoms with Gasteiger partial charge in [-0.2, -0.15) is 4.68 Å². The Balaban J connectivity index is 1.74. The van der Waals surface area contributed by atoms with Crippen molar-refractivity contribution >= 4 is 33.3 Å². The predicted molar refractivity (Wildman–Crippen MR) is 169 cm³/mol. The molecule has 0 radical (unpaired) electrons. The Morgan fingerprint density at radius 2 is 1.73 bits per heavy atom. The molecule has 0 aliphatic carbocycles. The molecule has 0 unspecified atom stereocenters. The summed E-state index contributed by atoms with van der Waals surface area (Å²) >= 11 is 1.24. The zero-order chi connectivity index (χ0) is 31.4. The Labute approximate surface area is 257 Å². The predicted octanol–water partition coefficient (Wildman–Crippen LogP) is 4.17. The molecule has 2 N–H and O–H groups in total. The van der Waals surface area contributed by atoms with Gasteiger partial charge in [0.15, 0.2) is 0 Å². The van der Waals surface area contributed by atoms with E-state index >= 15 is 0 Å². The number of carbonyl (C=O) groups is 1. The smallest absolute Gasteiger partial charge is 0.351 e. The number of nitrogens with one attached hydrogen (secondary N) is 2. The van der Waals surface area contributed by atoms with E-state index in [9.17, 15) is 23.2 Å². The van der Waals surface area contributed by atoms with Crippen molar-refractivity contribution in [3.8, 4) is 10.4 Å². The van der Waals surface area contributed by atoms with Gasteiger partial charge in [-0.1, -0.05) is 18.2 Å². The van der Waals surface area contributed by atoms with E-state index in [0.29, 0.717) is 60.8 Å². The number of rotatable bonds is 11. The summed E-state index contributed by atoms with van der Waals surface area (Å²) in [6, 6.07) is 10.5. The molecule has 3 heterocycles. The lowest BCUT2D eigenvalue weighted by atomic mass is 10.1. The molecule has 0 spiro atoms. The van der Waals surface area contributed by atoms with Gasteiger partial charge in [-0.05, 0) is 62.2 Å². The van der Waals surface area contributed by atoms with Crippen LogP contribution in [0.1, 0.15) is 30.9 Å². The zero-order valence-corrected chi connectivity index (χ0v) is 25.8. The molecule has 5 rings (SSSR count). The van der Waals surface area contributed by atoms with Crippen LogP contribution < -0.4 is 26.9 Å². The van der Waals surface area contributed by atoms with Crippen molar-refractivity contribution in [3.63, 3.8) is 0 Å². The first-order valence-corrected chi connectivity index (χ1v) is 15.4. The molecule has 1 fully saturated rings. The van der Waals surface area contributed by atoms with E-state index in [4.69, 9.17) is 4.74 Å². The maximum absolute atomic E-state index is 14.9. The molecule has 2 amide bonds. The third-order valence-corrected chi connectivity index (χ3v) is 8.95. The summed E-state index contributed by atoms with van der Waals surface area (Å²) in [5.74, 6) is -1.54. The summed E-state index contributed by atoms with van der Waals surface area (Å²) in [5, 5.41) is 7.52. The van der Waals surface area contributed by atoms with Gasteiger partial charge in [0.05, 0.1) is 18.5 Å². The highest BCUT2D eigenvalue weighted by Crippen LogP contribution is 2.38. The molecule has 1 aliphatic rings. The maximum Gasteiger partial charge on any atom is 0.351 e. The van der Waals surface area contributed by atoms with Crippen LogP contribution in [0.4, 0.5) is 19.3 Å². The van der Waals surface area contributed by atoms with Gasteiger partial charge in [0.25, 0.3) is 5.56 Å². The second kappa shape index (κ2) is 13.7. The average molecular weight is 627 g/mol. The molecule has 13 heteroatoms. The van der Waals surface area contributed by atoms with E-state index in [1.807, 2.05) is 31.0 Å². The van der Waals surface area contributed by atoms with Crippen LogP contribution in [0.2, 0.25) is 0 Å². The summed E-state index contributed by atoms with van der Waals surface area (Å²) in [7, 11) is 3.53. The molecule has 0 atom stereocenters. The number of aromatic nitrogens is 2. The van der Waals surface area contributed by atoms with Crippen molar-refractivity contribution < 1.29 is 18.3 Å². The monoisotopic (exact) mass is 626 g/mol. The fraction of sp³-hybridized carbons (Fsp3) is 0.387. The van der Waals surface area contributed by atoms with Gasteiger partial charge >= 0.3 is 11.7 Å². The number of halogens is 2. The fourth-order valence-electron chi connectivity index (χ4n) is 5.41. The van der Waals surface area contributed by atoms with Crippen LogP contribution in [0, 0.1) is 11.6 Å². The third-order valence-electron chi connectivity index (χ3n) is 7.64. The Bertz CT molecular complexity index is 1740. The molecular weight excluding hydrogens is 590 g/mol. The first-order valence-electron chi connectivity index (χ1n) is 14.6. The lowest BCUT2D eigenvalue weighted by Gasteiger charge is -2.22. The van der Waals surface area contributed by atoms with E-state index in [1.54, 1.807) is 24.3 Å². The number of ether oxygens (including phenoxy) is 1. The standard InChI is InChI=1S/C31H36F2N6O4S/c1-4-34-30(41)35-21-12-10-20(11-13-21)27-23(18-36(2)16-17-43-3)26-28(40)39(37-14-5-6-15-37)31(42)38(29(26)44-27)19-22-24(32)8-7-9-25(22)33/h7-13H,4-6,14-19H2,1-3H3,(H2,34,35,41). The van der Waals surface area contributed by atoms with Crippen LogP contribution in [0.25, 0.3) is 20.7 Å². The molecule has 0 bridgehead atoms. The zero-order valence-electron chi connectivity index (χ0n) is 25.0. The highest BCUT2D eigenvalue weighted by molar-refractivity contribution is 7.22. The topological polar surface area (TPSA) is 101 Å². The van der Waals surface area contributed by atoms with E-state index in [1.165, 1.54) is 22.0 Å². The third kappa shape index (κ3) is 6.40. The van der Waals surface area contributed by atoms with Gasteiger partial charge in [-0.25, -0.2) is 18.4 Å². The molecular formula is C31H36F2N6O4S. The number of methoxy groups -OCH3 is 1. The second-order valence-corrected chi connectivity index (χ2v) is 11.7. The molecule has 1 aliphatic heterocycles. The number of hydrogen-bond acceptors (Lipinski definition) is 7. The van der Waals surface area contributed by atoms with Crippen molar-refractivity contribution in [3.05, 3.63) is 86.1 Å². The number of likely N-dealkylation sites (N-methyl/N-ethyl adjacent to an activating group) is 1. The first-order chi connectivity index (χ1) is 21.2. The summed E-state index contributed by atoms with van der Waals surface area (Å²) in [4.78, 5) is 43.4. The molecule has 2 aromatic carbocycles. The van der Waals surface area contributed by atoms with Crippen molar-refractivity contribution in [2.45, 2.75) is 32.9 Å². The van der Waals surface area contributed by atoms with Gasteiger partial charge < -0.3 is 20.4 Å². The molecule has 234 valence electrons. The summed E-state index contributed by atoms with van der Waals surface area (Å²) in [5.41, 5.74) is 0.713. The van der Waals surface area contributed by atoms with Crippen LogP contribution in [-0.2, 0) is 17.8 Å². The van der Waals surface area contributed by atoms with Gasteiger partial charge in [0.1, 0.15) is 16.5 Å². The van der Waals surface area contributed by atoms with Crippen molar-refractivity contribution in [2.24, 2.45) is 0 Å². The molecule has 1 saturated heterocycles. The van der Waals surface area contributed by atoms with Gasteiger partial charge in [-0.15, -0.1) is 11.3 Å². The SMILES string of the molecule is CCNC(=O)Nc1ccc(-c2sc3c(c2CN(C)CCOC)c(=O)n(N2CCCC2)c(=O)n3Cc2c(F)cccc2F)cc1. The van der Waals surface area contributed by atoms with E-state index in [2.05, 4.69) is 10.6 Å². The van der Waals surface area contributed by atoms with Crippen LogP contribution in [0.3, 0.4) is 0 Å². The van der Waals surface area contributed by atoms with Crippen LogP contribution in [-0.4, -0.2) is 67.1 Å². The highest BCUT2D eigenvalue weighted by atomic mass is 32.1. The number of amides is 2. The van der Waals surface area contributed by atoms with E-state index < -0.39 is 22.9 Å². The van der Waals surface area contributed by atoms with Crippen molar-refractivity contribution in [2.75, 3.05) is 57.3 Å². The summed E-state index contributed by atoms with van der Waals surface area (Å²) in [6.07, 6.45) is 1.65. The molecule has 10 nitrogen and oxygen atoms in total. The van der Waals surface area contributed by atoms with Gasteiger partial charge in [0.2, 0.25) is 0 Å². The number of urea groups is 1. The minimum atomic E-state index is -0.768. The highest BCUT2D eigenvalue weighted by Gasteiger charge is 2.27. The number of nitrogens with zero attached hydrogens (tertiary/aromatic N) is 4. The quantitative estimate of drug-likeness (QED) is 0.259. The first kappa shape index (κ1) is 31.4. The van der Waals surface area contributed by atoms with Crippen LogP contribution in [0.5, 0.6) is 0 Å². The summed E-state index contributed by atoms with van der Waals surface area (Å²) < 4.78 is 37.5. The summed E-state index contributed by atoms with van der Waals surface area (Å²) in [6.45, 7) is 4.40. The van der Waals surface area contributed by atoms with E-state index in [0.717, 1.165) is 40.1 Å². The Kier molecular flexibility index (Phi) is 9.77. The second-order valence-electron chi connectivity index (χ2n) is 10.7. The Morgan fingerprint density at radius 3 is 2.36 bits per heavy atom. The minimum Gasteiger partial charge on any atom is -0.383 e. The molecule has 2 aromatic heterocycles. The van der Waals surface area contributed by atoms with Crippen molar-refractivity contribution in [1.29, 1.82) is 0 Å². The van der Waals surface area contributed by atoms with Crippen LogP contribution >= 0.6 is 11.3 Å². The normalized spacial score (nSPS) is 13.3. The van der Waals surface area contributed by atoms with Crippen molar-refractivity contribution in [1.82, 2.24) is 19.5 Å². The van der Waals surface area contributed by atoms with E-state index in [-0.39, 0.29) is 18.1 Å². The lowest BCUT2D eigenvalue weighted by molar-refractivity contribution is 0.159. The number of thiophene rings is 1. The lowest BCUT2D eigenvalue weighted by Crippen LogP contribution is -2.51. The molecule has 44 heavy (non-hydrogen) atoms. The number of carbonyl (C=O) groups excluding carboxylic acids is 1. The van der Waals surface area contributed by atoms with Crippen LogP contribution in [0.15, 0.2) is 52.1 Å². The van der Waals surface area contributed by atoms with Gasteiger partial charge in [-0.3, -0.25) is 14.3 Å². The molecule has 4 aromatic rings. The average Bonchev–Trinajstić information content (AvgIpc) is 3.65. The molecule has 0 saturated carbocycles. The largest absolute Gasteiger partial charge is 0.383 e. The maximum atomic E-state index is 14.9. The number of benzene rings is 2. The Hall–Kier alpha value is -4.07. The van der Waals surface area contributed by atoms with Gasteiger partial charge in [0, 0.05) is 56.0 Å². The number of fused-ring (bicyclic) bond motifs is 1. The Morgan fingerprint density at radius 1 is 1.05 bits per heavy atom.